The Kier molecular flexibility index (Phi) is 4.90. The average Bonchev–Trinajstić information content (AvgIpc) is 2.45. The quantitative estimate of drug-likeness (QED) is 0.790. The van der Waals surface area contributed by atoms with Crippen molar-refractivity contribution in [3.05, 3.63) is 65.5 Å². The summed E-state index contributed by atoms with van der Waals surface area (Å²) in [7, 11) is 0. The van der Waals surface area contributed by atoms with Gasteiger partial charge in [-0.2, -0.15) is 0 Å². The van der Waals surface area contributed by atoms with E-state index in [1.807, 2.05) is 25.1 Å². The van der Waals surface area contributed by atoms with Crippen LogP contribution in [-0.4, -0.2) is 6.03 Å². The van der Waals surface area contributed by atoms with Gasteiger partial charge in [-0.1, -0.05) is 24.3 Å². The first-order valence-corrected chi connectivity index (χ1v) is 6.69. The molecule has 2 amide bonds. The van der Waals surface area contributed by atoms with E-state index in [2.05, 4.69) is 10.6 Å². The highest BCUT2D eigenvalue weighted by Crippen LogP contribution is 2.16. The van der Waals surface area contributed by atoms with Gasteiger partial charge in [0.05, 0.1) is 0 Å². The minimum Gasteiger partial charge on any atom is -0.351 e. The monoisotopic (exact) mass is 287 g/mol. The number of halogens is 1. The number of carbonyl (C=O) groups is 1. The van der Waals surface area contributed by atoms with Gasteiger partial charge in [-0.15, -0.1) is 0 Å². The standard InChI is InChI=1S/C16H18FN3O/c1-11(19-10-12-3-2-4-14(17)9-12)13-5-7-15(8-6-13)20-16(18)21/h2-9,11,19H,10H2,1H3,(H3,18,20,21). The molecular weight excluding hydrogens is 269 g/mol. The Bertz CT molecular complexity index is 613. The van der Waals surface area contributed by atoms with Gasteiger partial charge < -0.3 is 16.4 Å². The van der Waals surface area contributed by atoms with Gasteiger partial charge in [0.1, 0.15) is 5.82 Å². The second-order valence-corrected chi connectivity index (χ2v) is 4.84. The largest absolute Gasteiger partial charge is 0.351 e. The summed E-state index contributed by atoms with van der Waals surface area (Å²) in [4.78, 5) is 10.7. The molecule has 0 aliphatic heterocycles. The molecule has 2 aromatic carbocycles. The van der Waals surface area contributed by atoms with Crippen molar-refractivity contribution in [1.82, 2.24) is 5.32 Å². The van der Waals surface area contributed by atoms with Crippen LogP contribution in [0.1, 0.15) is 24.1 Å². The number of urea groups is 1. The first kappa shape index (κ1) is 15.0. The summed E-state index contributed by atoms with van der Waals surface area (Å²) in [5.41, 5.74) is 7.68. The summed E-state index contributed by atoms with van der Waals surface area (Å²) < 4.78 is 13.1. The smallest absolute Gasteiger partial charge is 0.316 e. The second kappa shape index (κ2) is 6.85. The number of hydrogen-bond donors (Lipinski definition) is 3. The van der Waals surface area contributed by atoms with E-state index in [9.17, 15) is 9.18 Å². The molecule has 0 radical (unpaired) electrons. The number of benzene rings is 2. The van der Waals surface area contributed by atoms with Crippen molar-refractivity contribution in [2.24, 2.45) is 5.73 Å². The van der Waals surface area contributed by atoms with Crippen LogP contribution in [0, 0.1) is 5.82 Å². The van der Waals surface area contributed by atoms with E-state index in [1.165, 1.54) is 12.1 Å². The van der Waals surface area contributed by atoms with Crippen LogP contribution in [0.15, 0.2) is 48.5 Å². The van der Waals surface area contributed by atoms with Gasteiger partial charge >= 0.3 is 6.03 Å². The van der Waals surface area contributed by atoms with E-state index in [0.717, 1.165) is 11.1 Å². The number of hydrogen-bond acceptors (Lipinski definition) is 2. The topological polar surface area (TPSA) is 67.2 Å². The molecule has 0 aliphatic rings. The molecule has 0 fully saturated rings. The highest BCUT2D eigenvalue weighted by atomic mass is 19.1. The van der Waals surface area contributed by atoms with E-state index in [0.29, 0.717) is 12.2 Å². The Morgan fingerprint density at radius 1 is 1.24 bits per heavy atom. The predicted molar refractivity (Wildman–Crippen MR) is 81.3 cm³/mol. The summed E-state index contributed by atoms with van der Waals surface area (Å²) in [6, 6.07) is 13.4. The number of carbonyl (C=O) groups excluding carboxylic acids is 1. The molecule has 0 saturated carbocycles. The second-order valence-electron chi connectivity index (χ2n) is 4.84. The predicted octanol–water partition coefficient (Wildman–Crippen LogP) is 3.17. The van der Waals surface area contributed by atoms with Gasteiger partial charge in [0.25, 0.3) is 0 Å². The van der Waals surface area contributed by atoms with Gasteiger partial charge in [0.15, 0.2) is 0 Å². The van der Waals surface area contributed by atoms with Gasteiger partial charge in [-0.25, -0.2) is 9.18 Å². The summed E-state index contributed by atoms with van der Waals surface area (Å²) in [6.07, 6.45) is 0. The van der Waals surface area contributed by atoms with Gasteiger partial charge in [-0.05, 0) is 42.3 Å². The highest BCUT2D eigenvalue weighted by molar-refractivity contribution is 5.87. The molecule has 0 saturated heterocycles. The molecular formula is C16H18FN3O. The lowest BCUT2D eigenvalue weighted by molar-refractivity contribution is 0.259. The Balaban J connectivity index is 1.93. The van der Waals surface area contributed by atoms with Crippen LogP contribution in [0.5, 0.6) is 0 Å². The molecule has 5 heteroatoms. The highest BCUT2D eigenvalue weighted by Gasteiger charge is 2.05. The van der Waals surface area contributed by atoms with E-state index < -0.39 is 6.03 Å². The normalized spacial score (nSPS) is 11.9. The number of anilines is 1. The van der Waals surface area contributed by atoms with Crippen LogP contribution in [0.25, 0.3) is 0 Å². The number of amides is 2. The first-order valence-electron chi connectivity index (χ1n) is 6.69. The number of rotatable bonds is 5. The van der Waals surface area contributed by atoms with Crippen molar-refractivity contribution >= 4 is 11.7 Å². The maximum atomic E-state index is 13.1. The van der Waals surface area contributed by atoms with Crippen molar-refractivity contribution in [2.75, 3.05) is 5.32 Å². The first-order chi connectivity index (χ1) is 10.0. The van der Waals surface area contributed by atoms with Crippen molar-refractivity contribution in [3.8, 4) is 0 Å². The number of nitrogens with one attached hydrogen (secondary N) is 2. The van der Waals surface area contributed by atoms with Crippen LogP contribution in [0.4, 0.5) is 14.9 Å². The lowest BCUT2D eigenvalue weighted by atomic mass is 10.1. The molecule has 0 heterocycles. The molecule has 0 aromatic heterocycles. The lowest BCUT2D eigenvalue weighted by Gasteiger charge is -2.15. The third-order valence-corrected chi connectivity index (χ3v) is 3.18. The third kappa shape index (κ3) is 4.57. The zero-order valence-corrected chi connectivity index (χ0v) is 11.8. The molecule has 110 valence electrons. The van der Waals surface area contributed by atoms with Crippen molar-refractivity contribution in [1.29, 1.82) is 0 Å². The fourth-order valence-electron chi connectivity index (χ4n) is 2.03. The van der Waals surface area contributed by atoms with Crippen LogP contribution in [0.2, 0.25) is 0 Å². The Morgan fingerprint density at radius 2 is 1.95 bits per heavy atom. The molecule has 1 unspecified atom stereocenters. The van der Waals surface area contributed by atoms with Crippen LogP contribution >= 0.6 is 0 Å². The molecule has 0 aliphatic carbocycles. The van der Waals surface area contributed by atoms with Crippen molar-refractivity contribution < 1.29 is 9.18 Å². The van der Waals surface area contributed by atoms with Gasteiger partial charge in [0.2, 0.25) is 0 Å². The van der Waals surface area contributed by atoms with Crippen LogP contribution in [-0.2, 0) is 6.54 Å². The van der Waals surface area contributed by atoms with E-state index in [4.69, 9.17) is 5.73 Å². The number of primary amides is 1. The van der Waals surface area contributed by atoms with Crippen molar-refractivity contribution in [2.45, 2.75) is 19.5 Å². The zero-order valence-electron chi connectivity index (χ0n) is 11.8. The van der Waals surface area contributed by atoms with Crippen LogP contribution < -0.4 is 16.4 Å². The molecule has 4 N–H and O–H groups in total. The van der Waals surface area contributed by atoms with Crippen LogP contribution in [0.3, 0.4) is 0 Å². The average molecular weight is 287 g/mol. The SMILES string of the molecule is CC(NCc1cccc(F)c1)c1ccc(NC(N)=O)cc1. The van der Waals surface area contributed by atoms with Gasteiger partial charge in [0, 0.05) is 18.3 Å². The van der Waals surface area contributed by atoms with Gasteiger partial charge in [-0.3, -0.25) is 0 Å². The molecule has 2 aromatic rings. The minimum atomic E-state index is -0.583. The zero-order chi connectivity index (χ0) is 15.2. The summed E-state index contributed by atoms with van der Waals surface area (Å²) in [5.74, 6) is -0.233. The summed E-state index contributed by atoms with van der Waals surface area (Å²) in [5, 5.41) is 5.84. The molecule has 0 spiro atoms. The molecule has 4 nitrogen and oxygen atoms in total. The molecule has 1 atom stereocenters. The van der Waals surface area contributed by atoms with Crippen molar-refractivity contribution in [3.63, 3.8) is 0 Å². The van der Waals surface area contributed by atoms with E-state index in [-0.39, 0.29) is 11.9 Å². The summed E-state index contributed by atoms with van der Waals surface area (Å²) >= 11 is 0. The maximum Gasteiger partial charge on any atom is 0.316 e. The Hall–Kier alpha value is -2.40. The summed E-state index contributed by atoms with van der Waals surface area (Å²) in [6.45, 7) is 2.61. The fourth-order valence-corrected chi connectivity index (χ4v) is 2.03. The minimum absolute atomic E-state index is 0.107. The molecule has 0 bridgehead atoms. The van der Waals surface area contributed by atoms with E-state index in [1.54, 1.807) is 18.2 Å². The maximum absolute atomic E-state index is 13.1. The Morgan fingerprint density at radius 3 is 2.57 bits per heavy atom. The lowest BCUT2D eigenvalue weighted by Crippen LogP contribution is -2.20. The third-order valence-electron chi connectivity index (χ3n) is 3.18. The molecule has 21 heavy (non-hydrogen) atoms. The Labute approximate surface area is 123 Å². The fraction of sp³-hybridized carbons (Fsp3) is 0.188. The number of nitrogens with two attached hydrogens (primary N) is 1. The molecule has 2 rings (SSSR count). The van der Waals surface area contributed by atoms with E-state index >= 15 is 0 Å².